The van der Waals surface area contributed by atoms with Gasteiger partial charge in [-0.05, 0) is 12.5 Å². The summed E-state index contributed by atoms with van der Waals surface area (Å²) in [5.74, 6) is -0.542. The fourth-order valence-electron chi connectivity index (χ4n) is 1.14. The summed E-state index contributed by atoms with van der Waals surface area (Å²) >= 11 is 0. The summed E-state index contributed by atoms with van der Waals surface area (Å²) < 4.78 is 0. The molecule has 0 unspecified atom stereocenters. The smallest absolute Gasteiger partial charge is 0.308 e. The standard InChI is InChI=1S/C6H11NO2/c1-4-2-7-3-5(4)6(8)9/h4-5,7H,2-3H2,1H3,(H,8,9)/t4-,5+/m1/s1. The maximum absolute atomic E-state index is 10.4. The Hall–Kier alpha value is -0.570. The molecule has 0 aromatic carbocycles. The summed E-state index contributed by atoms with van der Waals surface area (Å²) in [4.78, 5) is 10.4. The Morgan fingerprint density at radius 2 is 2.33 bits per heavy atom. The molecule has 2 N–H and O–H groups in total. The van der Waals surface area contributed by atoms with Crippen LogP contribution in [0.1, 0.15) is 6.92 Å². The van der Waals surface area contributed by atoms with E-state index in [2.05, 4.69) is 5.32 Å². The Kier molecular flexibility index (Phi) is 1.71. The third-order valence-corrected chi connectivity index (χ3v) is 1.83. The number of hydrogen-bond donors (Lipinski definition) is 2. The molecule has 0 aliphatic carbocycles. The van der Waals surface area contributed by atoms with Gasteiger partial charge >= 0.3 is 5.97 Å². The predicted molar refractivity (Wildman–Crippen MR) is 33.2 cm³/mol. The van der Waals surface area contributed by atoms with Gasteiger partial charge in [-0.25, -0.2) is 0 Å². The Balaban J connectivity index is 2.49. The van der Waals surface area contributed by atoms with Gasteiger partial charge in [-0.1, -0.05) is 6.92 Å². The Labute approximate surface area is 54.1 Å². The zero-order valence-corrected chi connectivity index (χ0v) is 5.42. The Morgan fingerprint density at radius 1 is 1.67 bits per heavy atom. The molecule has 2 atom stereocenters. The van der Waals surface area contributed by atoms with Crippen molar-refractivity contribution >= 4 is 5.97 Å². The first kappa shape index (κ1) is 6.55. The number of rotatable bonds is 1. The number of carboxylic acids is 1. The lowest BCUT2D eigenvalue weighted by molar-refractivity contribution is -0.142. The molecule has 3 heteroatoms. The van der Waals surface area contributed by atoms with Crippen LogP contribution in [-0.4, -0.2) is 24.2 Å². The molecule has 0 aromatic heterocycles. The van der Waals surface area contributed by atoms with Crippen molar-refractivity contribution in [3.8, 4) is 0 Å². The molecule has 3 nitrogen and oxygen atoms in total. The number of hydrogen-bond acceptors (Lipinski definition) is 2. The van der Waals surface area contributed by atoms with Gasteiger partial charge in [0, 0.05) is 6.54 Å². The van der Waals surface area contributed by atoms with Crippen LogP contribution in [0.25, 0.3) is 0 Å². The summed E-state index contributed by atoms with van der Waals surface area (Å²) in [6, 6.07) is 0. The maximum Gasteiger partial charge on any atom is 0.308 e. The number of nitrogens with one attached hydrogen (secondary N) is 1. The van der Waals surface area contributed by atoms with Gasteiger partial charge < -0.3 is 10.4 Å². The van der Waals surface area contributed by atoms with Gasteiger partial charge in [0.05, 0.1) is 5.92 Å². The molecule has 1 saturated heterocycles. The van der Waals surface area contributed by atoms with E-state index < -0.39 is 5.97 Å². The molecule has 0 amide bonds. The molecule has 0 aromatic rings. The predicted octanol–water partition coefficient (Wildman–Crippen LogP) is -0.0735. The van der Waals surface area contributed by atoms with Crippen molar-refractivity contribution in [2.75, 3.05) is 13.1 Å². The monoisotopic (exact) mass is 129 g/mol. The molecule has 1 heterocycles. The van der Waals surface area contributed by atoms with Crippen molar-refractivity contribution in [2.45, 2.75) is 6.92 Å². The minimum absolute atomic E-state index is 0.162. The highest BCUT2D eigenvalue weighted by atomic mass is 16.4. The van der Waals surface area contributed by atoms with Crippen LogP contribution in [0.2, 0.25) is 0 Å². The highest BCUT2D eigenvalue weighted by molar-refractivity contribution is 5.71. The van der Waals surface area contributed by atoms with Gasteiger partial charge in [-0.2, -0.15) is 0 Å². The number of aliphatic carboxylic acids is 1. The molecule has 0 radical (unpaired) electrons. The third kappa shape index (κ3) is 1.21. The maximum atomic E-state index is 10.4. The molecule has 1 aliphatic heterocycles. The molecule has 0 spiro atoms. The van der Waals surface area contributed by atoms with Gasteiger partial charge in [0.25, 0.3) is 0 Å². The third-order valence-electron chi connectivity index (χ3n) is 1.83. The fraction of sp³-hybridized carbons (Fsp3) is 0.833. The lowest BCUT2D eigenvalue weighted by Gasteiger charge is -2.05. The first-order valence-corrected chi connectivity index (χ1v) is 3.15. The quantitative estimate of drug-likeness (QED) is 0.521. The van der Waals surface area contributed by atoms with Crippen LogP contribution in [0, 0.1) is 11.8 Å². The number of carboxylic acid groups (broad SMARTS) is 1. The van der Waals surface area contributed by atoms with Crippen LogP contribution in [-0.2, 0) is 4.79 Å². The Bertz CT molecular complexity index is 124. The zero-order valence-electron chi connectivity index (χ0n) is 5.42. The van der Waals surface area contributed by atoms with Crippen LogP contribution in [0.3, 0.4) is 0 Å². The molecule has 0 saturated carbocycles. The van der Waals surface area contributed by atoms with Crippen LogP contribution in [0.5, 0.6) is 0 Å². The second-order valence-electron chi connectivity index (χ2n) is 2.58. The molecule has 1 rings (SSSR count). The van der Waals surface area contributed by atoms with Crippen molar-refractivity contribution < 1.29 is 9.90 Å². The summed E-state index contributed by atoms with van der Waals surface area (Å²) in [6.07, 6.45) is 0. The SMILES string of the molecule is C[C@@H]1CNC[C@@H]1C(=O)O. The van der Waals surface area contributed by atoms with Crippen LogP contribution >= 0.6 is 0 Å². The van der Waals surface area contributed by atoms with Crippen LogP contribution in [0.4, 0.5) is 0 Å². The first-order chi connectivity index (χ1) is 4.22. The summed E-state index contributed by atoms with van der Waals surface area (Å²) in [6.45, 7) is 3.44. The fourth-order valence-corrected chi connectivity index (χ4v) is 1.14. The van der Waals surface area contributed by atoms with E-state index in [4.69, 9.17) is 5.11 Å². The van der Waals surface area contributed by atoms with Crippen molar-refractivity contribution in [1.82, 2.24) is 5.32 Å². The lowest BCUT2D eigenvalue weighted by atomic mass is 9.99. The topological polar surface area (TPSA) is 49.3 Å². The molecule has 1 aliphatic rings. The van der Waals surface area contributed by atoms with E-state index >= 15 is 0 Å². The molecular formula is C6H11NO2. The first-order valence-electron chi connectivity index (χ1n) is 3.15. The van der Waals surface area contributed by atoms with Gasteiger partial charge in [-0.15, -0.1) is 0 Å². The minimum atomic E-state index is -0.674. The Morgan fingerprint density at radius 3 is 2.56 bits per heavy atom. The van der Waals surface area contributed by atoms with E-state index in [9.17, 15) is 4.79 Å². The number of carbonyl (C=O) groups is 1. The normalized spacial score (nSPS) is 34.8. The minimum Gasteiger partial charge on any atom is -0.481 e. The van der Waals surface area contributed by atoms with Gasteiger partial charge in [-0.3, -0.25) is 4.79 Å². The van der Waals surface area contributed by atoms with Gasteiger partial charge in [0.2, 0.25) is 0 Å². The van der Waals surface area contributed by atoms with E-state index in [1.54, 1.807) is 0 Å². The van der Waals surface area contributed by atoms with E-state index in [0.29, 0.717) is 12.5 Å². The highest BCUT2D eigenvalue weighted by Gasteiger charge is 2.28. The van der Waals surface area contributed by atoms with E-state index in [-0.39, 0.29) is 5.92 Å². The van der Waals surface area contributed by atoms with Gasteiger partial charge in [0.15, 0.2) is 0 Å². The molecule has 9 heavy (non-hydrogen) atoms. The van der Waals surface area contributed by atoms with Crippen molar-refractivity contribution in [1.29, 1.82) is 0 Å². The van der Waals surface area contributed by atoms with E-state index in [1.807, 2.05) is 6.92 Å². The molecule has 1 fully saturated rings. The second-order valence-corrected chi connectivity index (χ2v) is 2.58. The van der Waals surface area contributed by atoms with E-state index in [0.717, 1.165) is 6.54 Å². The zero-order chi connectivity index (χ0) is 6.85. The second kappa shape index (κ2) is 2.35. The van der Waals surface area contributed by atoms with Crippen molar-refractivity contribution in [2.24, 2.45) is 11.8 Å². The highest BCUT2D eigenvalue weighted by Crippen LogP contribution is 2.14. The van der Waals surface area contributed by atoms with E-state index in [1.165, 1.54) is 0 Å². The molecule has 0 bridgehead atoms. The average Bonchev–Trinajstić information content (AvgIpc) is 2.13. The van der Waals surface area contributed by atoms with Crippen molar-refractivity contribution in [3.63, 3.8) is 0 Å². The largest absolute Gasteiger partial charge is 0.481 e. The van der Waals surface area contributed by atoms with Gasteiger partial charge in [0.1, 0.15) is 0 Å². The summed E-state index contributed by atoms with van der Waals surface area (Å²) in [5, 5.41) is 11.6. The van der Waals surface area contributed by atoms with Crippen LogP contribution < -0.4 is 5.32 Å². The average molecular weight is 129 g/mol. The lowest BCUT2D eigenvalue weighted by Crippen LogP contribution is -2.20. The van der Waals surface area contributed by atoms with Crippen LogP contribution in [0.15, 0.2) is 0 Å². The van der Waals surface area contributed by atoms with Crippen molar-refractivity contribution in [3.05, 3.63) is 0 Å². The molecular weight excluding hydrogens is 118 g/mol. The summed E-state index contributed by atoms with van der Waals surface area (Å²) in [7, 11) is 0. The molecule has 52 valence electrons. The summed E-state index contributed by atoms with van der Waals surface area (Å²) in [5.41, 5.74) is 0.